The van der Waals surface area contributed by atoms with Crippen molar-refractivity contribution in [3.05, 3.63) is 12.3 Å². The Bertz CT molecular complexity index is 188. The van der Waals surface area contributed by atoms with E-state index in [1.807, 2.05) is 0 Å². The van der Waals surface area contributed by atoms with Crippen molar-refractivity contribution < 1.29 is 0 Å². The SMILES string of the molecule is C=C(CC)N1CCN(C2CC2)CC1. The van der Waals surface area contributed by atoms with Crippen LogP contribution in [0.2, 0.25) is 0 Å². The number of hydrogen-bond acceptors (Lipinski definition) is 2. The van der Waals surface area contributed by atoms with Crippen LogP contribution in [0.5, 0.6) is 0 Å². The van der Waals surface area contributed by atoms with Crippen molar-refractivity contribution in [3.8, 4) is 0 Å². The molecule has 2 fully saturated rings. The smallest absolute Gasteiger partial charge is 0.0303 e. The van der Waals surface area contributed by atoms with Crippen LogP contribution < -0.4 is 0 Å². The Kier molecular flexibility index (Phi) is 2.58. The summed E-state index contributed by atoms with van der Waals surface area (Å²) in [7, 11) is 0. The molecule has 74 valence electrons. The van der Waals surface area contributed by atoms with Crippen LogP contribution in [0.1, 0.15) is 26.2 Å². The van der Waals surface area contributed by atoms with Crippen LogP contribution in [0, 0.1) is 0 Å². The minimum atomic E-state index is 0.942. The molecular weight excluding hydrogens is 160 g/mol. The van der Waals surface area contributed by atoms with E-state index in [9.17, 15) is 0 Å². The molecule has 0 unspecified atom stereocenters. The largest absolute Gasteiger partial charge is 0.373 e. The molecule has 2 heteroatoms. The molecule has 0 N–H and O–H groups in total. The van der Waals surface area contributed by atoms with E-state index in [1.165, 1.54) is 44.7 Å². The lowest BCUT2D eigenvalue weighted by Gasteiger charge is -2.37. The van der Waals surface area contributed by atoms with Crippen LogP contribution in [0.15, 0.2) is 12.3 Å². The second-order valence-electron chi connectivity index (χ2n) is 4.17. The first kappa shape index (κ1) is 9.07. The summed E-state index contributed by atoms with van der Waals surface area (Å²) in [6.45, 7) is 11.2. The van der Waals surface area contributed by atoms with Crippen LogP contribution in [0.25, 0.3) is 0 Å². The number of hydrogen-bond donors (Lipinski definition) is 0. The summed E-state index contributed by atoms with van der Waals surface area (Å²) in [4.78, 5) is 5.08. The predicted molar refractivity (Wildman–Crippen MR) is 55.6 cm³/mol. The van der Waals surface area contributed by atoms with E-state index in [1.54, 1.807) is 0 Å². The van der Waals surface area contributed by atoms with Gasteiger partial charge in [-0.2, -0.15) is 0 Å². The lowest BCUT2D eigenvalue weighted by molar-refractivity contribution is 0.150. The molecule has 0 aromatic rings. The maximum absolute atomic E-state index is 4.09. The topological polar surface area (TPSA) is 6.48 Å². The molecule has 1 heterocycles. The zero-order chi connectivity index (χ0) is 9.26. The van der Waals surface area contributed by atoms with E-state index in [-0.39, 0.29) is 0 Å². The van der Waals surface area contributed by atoms with E-state index in [0.717, 1.165) is 12.5 Å². The highest BCUT2D eigenvalue weighted by atomic mass is 15.3. The Balaban J connectivity index is 1.78. The van der Waals surface area contributed by atoms with Crippen molar-refractivity contribution in [2.75, 3.05) is 26.2 Å². The van der Waals surface area contributed by atoms with Gasteiger partial charge in [-0.25, -0.2) is 0 Å². The second-order valence-corrected chi connectivity index (χ2v) is 4.17. The molecule has 0 aromatic heterocycles. The normalized spacial score (nSPS) is 24.8. The molecule has 0 atom stereocenters. The van der Waals surface area contributed by atoms with Crippen molar-refractivity contribution >= 4 is 0 Å². The van der Waals surface area contributed by atoms with Crippen LogP contribution in [0.3, 0.4) is 0 Å². The van der Waals surface area contributed by atoms with Gasteiger partial charge in [-0.15, -0.1) is 0 Å². The zero-order valence-electron chi connectivity index (χ0n) is 8.63. The molecule has 0 spiro atoms. The zero-order valence-corrected chi connectivity index (χ0v) is 8.63. The Labute approximate surface area is 81.2 Å². The minimum Gasteiger partial charge on any atom is -0.373 e. The second kappa shape index (κ2) is 3.70. The van der Waals surface area contributed by atoms with Gasteiger partial charge in [-0.05, 0) is 19.3 Å². The summed E-state index contributed by atoms with van der Waals surface area (Å²) in [6.07, 6.45) is 3.98. The van der Waals surface area contributed by atoms with Crippen LogP contribution in [-0.4, -0.2) is 42.0 Å². The van der Waals surface area contributed by atoms with Crippen molar-refractivity contribution in [1.82, 2.24) is 9.80 Å². The molecule has 1 saturated carbocycles. The molecule has 0 amide bonds. The van der Waals surface area contributed by atoms with Crippen molar-refractivity contribution in [3.63, 3.8) is 0 Å². The van der Waals surface area contributed by atoms with Crippen molar-refractivity contribution in [2.45, 2.75) is 32.2 Å². The van der Waals surface area contributed by atoms with Gasteiger partial charge < -0.3 is 4.90 Å². The molecule has 0 aromatic carbocycles. The quantitative estimate of drug-likeness (QED) is 0.652. The van der Waals surface area contributed by atoms with E-state index >= 15 is 0 Å². The molecule has 1 aliphatic heterocycles. The van der Waals surface area contributed by atoms with Crippen molar-refractivity contribution in [2.24, 2.45) is 0 Å². The first-order chi connectivity index (χ1) is 6.31. The highest BCUT2D eigenvalue weighted by molar-refractivity contribution is 4.97. The van der Waals surface area contributed by atoms with Gasteiger partial charge in [-0.1, -0.05) is 13.5 Å². The van der Waals surface area contributed by atoms with Gasteiger partial charge in [0.1, 0.15) is 0 Å². The third-order valence-corrected chi connectivity index (χ3v) is 3.23. The highest BCUT2D eigenvalue weighted by Crippen LogP contribution is 2.27. The predicted octanol–water partition coefficient (Wildman–Crippen LogP) is 1.69. The number of nitrogens with zero attached hydrogens (tertiary/aromatic N) is 2. The number of allylic oxidation sites excluding steroid dienone is 1. The fourth-order valence-corrected chi connectivity index (χ4v) is 2.07. The minimum absolute atomic E-state index is 0.942. The Morgan fingerprint density at radius 1 is 1.23 bits per heavy atom. The maximum atomic E-state index is 4.09. The van der Waals surface area contributed by atoms with Gasteiger partial charge in [0, 0.05) is 37.9 Å². The van der Waals surface area contributed by atoms with E-state index in [2.05, 4.69) is 23.3 Å². The summed E-state index contributed by atoms with van der Waals surface area (Å²) in [5, 5.41) is 0. The Morgan fingerprint density at radius 3 is 2.31 bits per heavy atom. The molecule has 2 rings (SSSR count). The molecule has 1 aliphatic carbocycles. The molecule has 0 radical (unpaired) electrons. The molecule has 2 nitrogen and oxygen atoms in total. The number of rotatable bonds is 3. The van der Waals surface area contributed by atoms with E-state index in [0.29, 0.717) is 0 Å². The van der Waals surface area contributed by atoms with Crippen LogP contribution in [-0.2, 0) is 0 Å². The lowest BCUT2D eigenvalue weighted by atomic mass is 10.2. The first-order valence-corrected chi connectivity index (χ1v) is 5.48. The van der Waals surface area contributed by atoms with Crippen LogP contribution in [0.4, 0.5) is 0 Å². The van der Waals surface area contributed by atoms with E-state index < -0.39 is 0 Å². The standard InChI is InChI=1S/C11H20N2/c1-3-10(2)12-6-8-13(9-7-12)11-4-5-11/h11H,2-9H2,1H3. The van der Waals surface area contributed by atoms with Gasteiger partial charge in [0.15, 0.2) is 0 Å². The van der Waals surface area contributed by atoms with E-state index in [4.69, 9.17) is 0 Å². The molecule has 13 heavy (non-hydrogen) atoms. The Morgan fingerprint density at radius 2 is 1.85 bits per heavy atom. The first-order valence-electron chi connectivity index (χ1n) is 5.48. The highest BCUT2D eigenvalue weighted by Gasteiger charge is 2.31. The van der Waals surface area contributed by atoms with Gasteiger partial charge >= 0.3 is 0 Å². The molecule has 1 saturated heterocycles. The maximum Gasteiger partial charge on any atom is 0.0303 e. The number of piperazine rings is 1. The average molecular weight is 180 g/mol. The summed E-state index contributed by atoms with van der Waals surface area (Å²) in [5.74, 6) is 0. The fourth-order valence-electron chi connectivity index (χ4n) is 2.07. The lowest BCUT2D eigenvalue weighted by Crippen LogP contribution is -2.46. The molecular formula is C11H20N2. The van der Waals surface area contributed by atoms with Gasteiger partial charge in [-0.3, -0.25) is 4.90 Å². The Hall–Kier alpha value is -0.500. The summed E-state index contributed by atoms with van der Waals surface area (Å²) in [5.41, 5.74) is 1.32. The summed E-state index contributed by atoms with van der Waals surface area (Å²) < 4.78 is 0. The average Bonchev–Trinajstić information content (AvgIpc) is 3.00. The third-order valence-electron chi connectivity index (χ3n) is 3.23. The fraction of sp³-hybridized carbons (Fsp3) is 0.818. The van der Waals surface area contributed by atoms with Gasteiger partial charge in [0.05, 0.1) is 0 Å². The molecule has 2 aliphatic rings. The monoisotopic (exact) mass is 180 g/mol. The molecule has 0 bridgehead atoms. The summed E-state index contributed by atoms with van der Waals surface area (Å²) >= 11 is 0. The third kappa shape index (κ3) is 2.05. The van der Waals surface area contributed by atoms with Gasteiger partial charge in [0.2, 0.25) is 0 Å². The summed E-state index contributed by atoms with van der Waals surface area (Å²) in [6, 6.07) is 0.942. The van der Waals surface area contributed by atoms with Crippen LogP contribution >= 0.6 is 0 Å². The van der Waals surface area contributed by atoms with Crippen molar-refractivity contribution in [1.29, 1.82) is 0 Å². The van der Waals surface area contributed by atoms with Gasteiger partial charge in [0.25, 0.3) is 0 Å².